The average molecular weight is 445 g/mol. The highest BCUT2D eigenvalue weighted by Crippen LogP contribution is 2.25. The summed E-state index contributed by atoms with van der Waals surface area (Å²) in [5, 5.41) is 2.24. The molecule has 1 N–H and O–H groups in total. The van der Waals surface area contributed by atoms with Crippen LogP contribution in [0.4, 0.5) is 10.5 Å². The molecule has 0 aliphatic carbocycles. The second kappa shape index (κ2) is 9.04. The summed E-state index contributed by atoms with van der Waals surface area (Å²) in [6.07, 6.45) is 3.31. The molecule has 0 saturated carbocycles. The first-order valence-corrected chi connectivity index (χ1v) is 10.4. The lowest BCUT2D eigenvalue weighted by Gasteiger charge is -2.26. The normalized spacial score (nSPS) is 15.1. The van der Waals surface area contributed by atoms with Gasteiger partial charge < -0.3 is 14.0 Å². The van der Waals surface area contributed by atoms with E-state index in [1.165, 1.54) is 6.08 Å². The summed E-state index contributed by atoms with van der Waals surface area (Å²) in [6, 6.07) is 15.1. The maximum Gasteiger partial charge on any atom is 0.335 e. The zero-order chi connectivity index (χ0) is 23.5. The predicted molar refractivity (Wildman–Crippen MR) is 124 cm³/mol. The number of barbiturate groups is 1. The minimum absolute atomic E-state index is 0.129. The molecular formula is C25H23N3O5. The Balaban J connectivity index is 1.65. The van der Waals surface area contributed by atoms with E-state index < -0.39 is 17.8 Å². The van der Waals surface area contributed by atoms with Gasteiger partial charge in [0.1, 0.15) is 17.1 Å². The maximum atomic E-state index is 13.1. The molecule has 0 unspecified atom stereocenters. The fourth-order valence-electron chi connectivity index (χ4n) is 3.62. The van der Waals surface area contributed by atoms with Gasteiger partial charge in [0.05, 0.1) is 19.4 Å². The number of rotatable bonds is 6. The minimum atomic E-state index is -0.793. The highest BCUT2D eigenvalue weighted by molar-refractivity contribution is 6.39. The van der Waals surface area contributed by atoms with Gasteiger partial charge in [0.15, 0.2) is 0 Å². The number of carbonyl (C=O) groups excluding carboxylic acids is 3. The first-order valence-electron chi connectivity index (χ1n) is 10.4. The van der Waals surface area contributed by atoms with Crippen LogP contribution in [0.1, 0.15) is 18.2 Å². The zero-order valence-corrected chi connectivity index (χ0v) is 18.5. The van der Waals surface area contributed by atoms with Crippen LogP contribution in [0.2, 0.25) is 0 Å². The van der Waals surface area contributed by atoms with Gasteiger partial charge in [0, 0.05) is 17.6 Å². The molecule has 0 radical (unpaired) electrons. The van der Waals surface area contributed by atoms with E-state index in [0.717, 1.165) is 22.0 Å². The zero-order valence-electron chi connectivity index (χ0n) is 18.5. The van der Waals surface area contributed by atoms with Crippen molar-refractivity contribution in [3.63, 3.8) is 0 Å². The van der Waals surface area contributed by atoms with Crippen molar-refractivity contribution in [2.75, 3.05) is 18.6 Å². The third kappa shape index (κ3) is 4.36. The van der Waals surface area contributed by atoms with Crippen molar-refractivity contribution in [3.05, 3.63) is 77.6 Å². The van der Waals surface area contributed by atoms with E-state index in [1.807, 2.05) is 54.9 Å². The SMILES string of the molecule is CCOc1ccc(N2C(=O)NC(=O)/C(=C/c3cc(C)n(-c4ccc(OC)cc4)c3)C2=O)cc1. The first-order chi connectivity index (χ1) is 15.9. The van der Waals surface area contributed by atoms with Crippen LogP contribution in [0.25, 0.3) is 11.8 Å². The largest absolute Gasteiger partial charge is 0.497 e. The molecule has 0 spiro atoms. The van der Waals surface area contributed by atoms with Gasteiger partial charge in [0.2, 0.25) is 0 Å². The number of urea groups is 1. The molecule has 168 valence electrons. The number of hydrogen-bond donors (Lipinski definition) is 1. The molecule has 0 bridgehead atoms. The van der Waals surface area contributed by atoms with Gasteiger partial charge in [-0.05, 0) is 80.1 Å². The van der Waals surface area contributed by atoms with Gasteiger partial charge in [-0.1, -0.05) is 0 Å². The molecule has 4 rings (SSSR count). The monoisotopic (exact) mass is 445 g/mol. The number of nitrogens with one attached hydrogen (secondary N) is 1. The number of aryl methyl sites for hydroxylation is 1. The van der Waals surface area contributed by atoms with Crippen LogP contribution in [-0.2, 0) is 9.59 Å². The summed E-state index contributed by atoms with van der Waals surface area (Å²) in [6.45, 7) is 4.28. The van der Waals surface area contributed by atoms with Gasteiger partial charge in [-0.25, -0.2) is 9.69 Å². The van der Waals surface area contributed by atoms with Crippen LogP contribution >= 0.6 is 0 Å². The maximum absolute atomic E-state index is 13.1. The molecule has 3 aromatic rings. The van der Waals surface area contributed by atoms with Crippen molar-refractivity contribution in [3.8, 4) is 17.2 Å². The lowest BCUT2D eigenvalue weighted by Crippen LogP contribution is -2.54. The second-order valence-corrected chi connectivity index (χ2v) is 7.37. The average Bonchev–Trinajstić information content (AvgIpc) is 3.18. The molecule has 1 fully saturated rings. The number of hydrogen-bond acceptors (Lipinski definition) is 5. The molecular weight excluding hydrogens is 422 g/mol. The molecule has 0 atom stereocenters. The van der Waals surface area contributed by atoms with Crippen LogP contribution in [0.15, 0.2) is 66.4 Å². The summed E-state index contributed by atoms with van der Waals surface area (Å²) in [7, 11) is 1.60. The quantitative estimate of drug-likeness (QED) is 0.460. The van der Waals surface area contributed by atoms with Gasteiger partial charge in [-0.3, -0.25) is 14.9 Å². The fourth-order valence-corrected chi connectivity index (χ4v) is 3.62. The molecule has 8 nitrogen and oxygen atoms in total. The number of imide groups is 2. The Morgan fingerprint density at radius 3 is 2.21 bits per heavy atom. The topological polar surface area (TPSA) is 89.9 Å². The number of nitrogens with zero attached hydrogens (tertiary/aromatic N) is 2. The van der Waals surface area contributed by atoms with E-state index in [-0.39, 0.29) is 5.57 Å². The van der Waals surface area contributed by atoms with Crippen molar-refractivity contribution in [1.82, 2.24) is 9.88 Å². The van der Waals surface area contributed by atoms with E-state index >= 15 is 0 Å². The molecule has 1 aromatic heterocycles. The third-order valence-corrected chi connectivity index (χ3v) is 5.20. The highest BCUT2D eigenvalue weighted by atomic mass is 16.5. The lowest BCUT2D eigenvalue weighted by atomic mass is 10.1. The van der Waals surface area contributed by atoms with Gasteiger partial charge in [-0.15, -0.1) is 0 Å². The number of carbonyl (C=O) groups is 3. The number of benzene rings is 2. The summed E-state index contributed by atoms with van der Waals surface area (Å²) in [4.78, 5) is 39.0. The Kier molecular flexibility index (Phi) is 5.99. The van der Waals surface area contributed by atoms with Crippen molar-refractivity contribution >= 4 is 29.6 Å². The number of anilines is 1. The Morgan fingerprint density at radius 1 is 0.939 bits per heavy atom. The van der Waals surface area contributed by atoms with Crippen molar-refractivity contribution < 1.29 is 23.9 Å². The summed E-state index contributed by atoms with van der Waals surface area (Å²) < 4.78 is 12.5. The Labute approximate surface area is 191 Å². The molecule has 33 heavy (non-hydrogen) atoms. The standard InChI is InChI=1S/C25H23N3O5/c1-4-33-21-11-7-19(8-12-21)28-24(30)22(23(29)26-25(28)31)14-17-13-16(2)27(15-17)18-5-9-20(32-3)10-6-18/h5-15H,4H2,1-3H3,(H,26,29,31)/b22-14-. The van der Waals surface area contributed by atoms with Crippen molar-refractivity contribution in [1.29, 1.82) is 0 Å². The summed E-state index contributed by atoms with van der Waals surface area (Å²) >= 11 is 0. The van der Waals surface area contributed by atoms with Crippen LogP contribution < -0.4 is 19.7 Å². The van der Waals surface area contributed by atoms with Crippen LogP contribution in [-0.4, -0.2) is 36.1 Å². The second-order valence-electron chi connectivity index (χ2n) is 7.37. The number of methoxy groups -OCH3 is 1. The molecule has 4 amide bonds. The van der Waals surface area contributed by atoms with Gasteiger partial charge in [0.25, 0.3) is 11.8 Å². The molecule has 1 aliphatic rings. The van der Waals surface area contributed by atoms with Crippen LogP contribution in [0.5, 0.6) is 11.5 Å². The Hall–Kier alpha value is -4.33. The van der Waals surface area contributed by atoms with Crippen LogP contribution in [0, 0.1) is 6.92 Å². The molecule has 8 heteroatoms. The van der Waals surface area contributed by atoms with E-state index in [0.29, 0.717) is 23.6 Å². The third-order valence-electron chi connectivity index (χ3n) is 5.20. The van der Waals surface area contributed by atoms with E-state index in [4.69, 9.17) is 9.47 Å². The van der Waals surface area contributed by atoms with Crippen LogP contribution in [0.3, 0.4) is 0 Å². The Morgan fingerprint density at radius 2 is 1.58 bits per heavy atom. The van der Waals surface area contributed by atoms with Crippen molar-refractivity contribution in [2.45, 2.75) is 13.8 Å². The van der Waals surface area contributed by atoms with E-state index in [2.05, 4.69) is 5.32 Å². The fraction of sp³-hybridized carbons (Fsp3) is 0.160. The predicted octanol–water partition coefficient (Wildman–Crippen LogP) is 3.86. The van der Waals surface area contributed by atoms with Crippen molar-refractivity contribution in [2.24, 2.45) is 0 Å². The lowest BCUT2D eigenvalue weighted by molar-refractivity contribution is -0.122. The number of aromatic nitrogens is 1. The van der Waals surface area contributed by atoms with E-state index in [1.54, 1.807) is 31.4 Å². The van der Waals surface area contributed by atoms with Gasteiger partial charge in [-0.2, -0.15) is 0 Å². The molecule has 1 aliphatic heterocycles. The summed E-state index contributed by atoms with van der Waals surface area (Å²) in [5.41, 5.74) is 2.68. The Bertz CT molecular complexity index is 1240. The highest BCUT2D eigenvalue weighted by Gasteiger charge is 2.36. The molecule has 2 aromatic carbocycles. The minimum Gasteiger partial charge on any atom is -0.497 e. The molecule has 2 heterocycles. The smallest absolute Gasteiger partial charge is 0.335 e. The number of ether oxygens (including phenoxy) is 2. The van der Waals surface area contributed by atoms with Gasteiger partial charge >= 0.3 is 6.03 Å². The first kappa shape index (κ1) is 21.9. The number of amides is 4. The molecule has 1 saturated heterocycles. The van der Waals surface area contributed by atoms with E-state index in [9.17, 15) is 14.4 Å². The summed E-state index contributed by atoms with van der Waals surface area (Å²) in [5.74, 6) is -0.0625.